The van der Waals surface area contributed by atoms with E-state index in [4.69, 9.17) is 29.8 Å². The lowest BCUT2D eigenvalue weighted by molar-refractivity contribution is -0.148. The summed E-state index contributed by atoms with van der Waals surface area (Å²) in [6, 6.07) is 32.5. The molecule has 0 saturated heterocycles. The highest BCUT2D eigenvalue weighted by molar-refractivity contribution is 8.24. The van der Waals surface area contributed by atoms with Gasteiger partial charge in [-0.3, -0.25) is 14.2 Å². The van der Waals surface area contributed by atoms with E-state index in [0.717, 1.165) is 17.6 Å². The Kier molecular flexibility index (Phi) is 32.1. The molecule has 0 atom stereocenters. The number of nitrogen functional groups attached to an aromatic ring is 1. The number of aromatic amines is 2. The van der Waals surface area contributed by atoms with Crippen LogP contribution in [0.15, 0.2) is 155 Å². The molecule has 0 aliphatic heterocycles. The fraction of sp³-hybridized carbons (Fsp3) is 0.231. The Labute approximate surface area is 451 Å². The van der Waals surface area contributed by atoms with Crippen molar-refractivity contribution in [2.75, 3.05) is 50.7 Å². The molecule has 6 N–H and O–H groups in total. The number of benzene rings is 4. The van der Waals surface area contributed by atoms with Gasteiger partial charge in [0.05, 0.1) is 39.6 Å². The van der Waals surface area contributed by atoms with Gasteiger partial charge in [0.15, 0.2) is 11.1 Å². The number of pyridine rings is 2. The number of nitrogens with one attached hydrogen (secondary N) is 3. The number of carboxylic acid groups (broad SMARTS) is 1. The molecule has 76 heavy (non-hydrogen) atoms. The van der Waals surface area contributed by atoms with Gasteiger partial charge in [-0.15, -0.1) is 0 Å². The normalized spacial score (nSPS) is 9.75. The number of esters is 5. The number of anilines is 2. The monoisotopic (exact) mass is 1130 g/mol. The molecule has 0 spiro atoms. The average Bonchev–Trinajstić information content (AvgIpc) is 3.38. The van der Waals surface area contributed by atoms with Crippen molar-refractivity contribution in [1.29, 1.82) is 0 Å². The Bertz CT molecular complexity index is 2990. The summed E-state index contributed by atoms with van der Waals surface area (Å²) in [5.74, 6) is -4.67. The van der Waals surface area contributed by atoms with Crippen LogP contribution in [0.5, 0.6) is 0 Å². The zero-order valence-corrected chi connectivity index (χ0v) is 45.3. The van der Waals surface area contributed by atoms with Crippen LogP contribution in [0, 0.1) is 0 Å². The minimum atomic E-state index is -3.22. The molecule has 0 bridgehead atoms. The second-order valence-corrected chi connectivity index (χ2v) is 20.6. The van der Waals surface area contributed by atoms with E-state index in [-0.39, 0.29) is 60.7 Å². The molecule has 20 nitrogen and oxygen atoms in total. The first kappa shape index (κ1) is 66.1. The first-order valence-electron chi connectivity index (χ1n) is 22.8. The van der Waals surface area contributed by atoms with Crippen molar-refractivity contribution in [2.45, 2.75) is 41.5 Å². The molecule has 0 saturated carbocycles. The lowest BCUT2D eigenvalue weighted by atomic mass is 10.1. The van der Waals surface area contributed by atoms with Crippen LogP contribution < -0.4 is 21.9 Å². The molecule has 408 valence electrons. The van der Waals surface area contributed by atoms with Gasteiger partial charge in [-0.25, -0.2) is 28.8 Å². The number of hydrogen-bond acceptors (Lipinski definition) is 17. The van der Waals surface area contributed by atoms with Gasteiger partial charge >= 0.3 is 41.0 Å². The maximum atomic E-state index is 11.9. The van der Waals surface area contributed by atoms with E-state index in [1.807, 2.05) is 66.7 Å². The third-order valence-electron chi connectivity index (χ3n) is 8.61. The number of H-pyrrole nitrogens is 2. The summed E-state index contributed by atoms with van der Waals surface area (Å²) >= 11 is 13.8. The Morgan fingerprint density at radius 2 is 0.921 bits per heavy atom. The number of carboxylic acids is 1. The maximum absolute atomic E-state index is 11.9. The van der Waals surface area contributed by atoms with Crippen molar-refractivity contribution in [2.24, 2.45) is 0 Å². The summed E-state index contributed by atoms with van der Waals surface area (Å²) in [5.41, 5.74) is 6.97. The fourth-order valence-corrected chi connectivity index (χ4v) is 5.38. The second kappa shape index (κ2) is 36.9. The van der Waals surface area contributed by atoms with E-state index in [2.05, 4.69) is 58.5 Å². The summed E-state index contributed by atoms with van der Waals surface area (Å²) < 4.78 is 38.2. The molecule has 2 heterocycles. The third kappa shape index (κ3) is 25.9. The van der Waals surface area contributed by atoms with Gasteiger partial charge in [0, 0.05) is 51.8 Å². The van der Waals surface area contributed by atoms with E-state index >= 15 is 0 Å². The Morgan fingerprint density at radius 3 is 1.30 bits per heavy atom. The highest BCUT2D eigenvalue weighted by Gasteiger charge is 2.22. The number of halogens is 3. The van der Waals surface area contributed by atoms with E-state index in [1.54, 1.807) is 84.0 Å². The lowest BCUT2D eigenvalue weighted by Gasteiger charge is -2.07. The predicted molar refractivity (Wildman–Crippen MR) is 292 cm³/mol. The molecule has 0 amide bonds. The molecule has 6 rings (SSSR count). The van der Waals surface area contributed by atoms with Gasteiger partial charge in [0.1, 0.15) is 17.4 Å². The van der Waals surface area contributed by atoms with Gasteiger partial charge in [-0.1, -0.05) is 60.7 Å². The summed E-state index contributed by atoms with van der Waals surface area (Å²) in [7, 11) is 0. The largest absolute Gasteiger partial charge is 0.500 e. The highest BCUT2D eigenvalue weighted by Crippen LogP contribution is 2.61. The molecule has 0 fully saturated rings. The van der Waals surface area contributed by atoms with E-state index in [0.29, 0.717) is 28.4 Å². The van der Waals surface area contributed by atoms with Crippen molar-refractivity contribution < 1.29 is 66.9 Å². The van der Waals surface area contributed by atoms with Gasteiger partial charge in [-0.05, 0) is 124 Å². The topological polar surface area (TPSA) is 299 Å². The van der Waals surface area contributed by atoms with Crippen LogP contribution in [0.3, 0.4) is 0 Å². The van der Waals surface area contributed by atoms with E-state index < -0.39 is 46.4 Å². The van der Waals surface area contributed by atoms with Crippen molar-refractivity contribution >= 4 is 108 Å². The summed E-state index contributed by atoms with van der Waals surface area (Å²) in [4.78, 5) is 97.2. The number of nitrogens with two attached hydrogens (primary N) is 1. The molecule has 6 aromatic rings. The molecule has 4 aromatic carbocycles. The molecule has 0 radical (unpaired) electrons. The van der Waals surface area contributed by atoms with Crippen LogP contribution >= 0.6 is 38.9 Å². The van der Waals surface area contributed by atoms with Gasteiger partial charge in [-0.2, -0.15) is 0 Å². The van der Waals surface area contributed by atoms with Crippen LogP contribution in [0.2, 0.25) is 0 Å². The quantitative estimate of drug-likeness (QED) is 0.00933. The minimum Gasteiger partial charge on any atom is -0.500 e. The predicted octanol–water partition coefficient (Wildman–Crippen LogP) is 10.2. The number of ether oxygens (including phenoxy) is 6. The second-order valence-electron chi connectivity index (χ2n) is 13.9. The molecular formula is C52H58Cl3N4O16P. The average molecular weight is 1130 g/mol. The fourth-order valence-electron chi connectivity index (χ4n) is 5.38. The maximum Gasteiger partial charge on any atom is 0.348 e. The SMILES string of the molecule is CCOC(=O)C(=CNc1ccccc1)C(=O)OCC.CCOC(=O)c1c[nH]c2ccccc2c1=O.CCOC=C(C(=O)OCC)C(=O)OCC.Nc1ccccc1.O=C(O)c1c[nH]c2ccccc2c1=O.O=P(Cl)(Cl)Cl. The molecule has 2 aromatic heterocycles. The standard InChI is InChI=1S/C14H17NO4.C12H11NO3.C10H7NO3.C10H16O5.C6H7N.Cl3OP/c1-3-18-13(16)12(14(17)19-4-2)10-15-11-8-6-5-7-9-11;1-2-16-12(15)9-7-13-10-6-4-3-5-8(10)11(9)14;12-9-6-3-1-2-4-8(6)11-5-7(9)10(13)14;1-4-13-7-8(9(11)14-5-2)10(12)15-6-3;7-6-4-2-1-3-5-6;1-5(2,3)4/h5-10,15H,3-4H2,1-2H3;3-7H,2H2,1H3,(H,13,14);1-5H,(H,11,12)(H,13,14);7H,4-6H2,1-3H3;1-5H,7H2;. The number of aromatic nitrogens is 2. The van der Waals surface area contributed by atoms with Crippen molar-refractivity contribution in [3.8, 4) is 0 Å². The van der Waals surface area contributed by atoms with Crippen molar-refractivity contribution in [1.82, 2.24) is 9.97 Å². The van der Waals surface area contributed by atoms with Crippen LogP contribution in [0.1, 0.15) is 62.3 Å². The zero-order chi connectivity index (χ0) is 57.1. The van der Waals surface area contributed by atoms with Crippen molar-refractivity contribution in [3.63, 3.8) is 0 Å². The molecule has 0 unspecified atom stereocenters. The number of hydrogen-bond donors (Lipinski definition) is 5. The third-order valence-corrected chi connectivity index (χ3v) is 8.61. The lowest BCUT2D eigenvalue weighted by Crippen LogP contribution is -2.19. The van der Waals surface area contributed by atoms with Crippen LogP contribution in [-0.2, 0) is 52.2 Å². The summed E-state index contributed by atoms with van der Waals surface area (Å²) in [6.45, 7) is 11.5. The van der Waals surface area contributed by atoms with E-state index in [1.165, 1.54) is 18.6 Å². The smallest absolute Gasteiger partial charge is 0.348 e. The highest BCUT2D eigenvalue weighted by atomic mass is 36.0. The Balaban J connectivity index is 0.000000473. The van der Waals surface area contributed by atoms with E-state index in [9.17, 15) is 42.9 Å². The Hall–Kier alpha value is -7.90. The molecule has 24 heteroatoms. The van der Waals surface area contributed by atoms with Gasteiger partial charge < -0.3 is 54.5 Å². The first-order valence-corrected chi connectivity index (χ1v) is 27.2. The number of carbonyl (C=O) groups is 6. The molecular weight excluding hydrogens is 1070 g/mol. The number of fused-ring (bicyclic) bond motifs is 2. The number of rotatable bonds is 15. The molecule has 0 aliphatic rings. The zero-order valence-electron chi connectivity index (χ0n) is 42.2. The number of aromatic carboxylic acids is 1. The Morgan fingerprint density at radius 1 is 0.553 bits per heavy atom. The van der Waals surface area contributed by atoms with Crippen molar-refractivity contribution in [3.05, 3.63) is 177 Å². The molecule has 0 aliphatic carbocycles. The van der Waals surface area contributed by atoms with Gasteiger partial charge in [0.2, 0.25) is 10.9 Å². The summed E-state index contributed by atoms with van der Waals surface area (Å²) in [6.07, 6.45) is 4.97. The first-order chi connectivity index (χ1) is 36.2. The summed E-state index contributed by atoms with van der Waals surface area (Å²) in [5, 5.41) is 9.23. The minimum absolute atomic E-state index is 0.0422. The van der Waals surface area contributed by atoms with Crippen LogP contribution in [0.25, 0.3) is 21.8 Å². The van der Waals surface area contributed by atoms with Crippen LogP contribution in [0.4, 0.5) is 11.4 Å². The number of carbonyl (C=O) groups excluding carboxylic acids is 5. The van der Waals surface area contributed by atoms with Crippen LogP contribution in [-0.4, -0.2) is 90.5 Å². The van der Waals surface area contributed by atoms with Gasteiger partial charge in [0.25, 0.3) is 0 Å². The number of para-hydroxylation sites is 4.